The van der Waals surface area contributed by atoms with Gasteiger partial charge in [0.15, 0.2) is 0 Å². The lowest BCUT2D eigenvalue weighted by Gasteiger charge is -2.33. The van der Waals surface area contributed by atoms with Gasteiger partial charge in [0, 0.05) is 37.5 Å². The van der Waals surface area contributed by atoms with Crippen LogP contribution >= 0.6 is 0 Å². The van der Waals surface area contributed by atoms with Gasteiger partial charge in [-0.3, -0.25) is 0 Å². The second kappa shape index (κ2) is 5.47. The number of aliphatic hydroxyl groups excluding tert-OH is 1. The summed E-state index contributed by atoms with van der Waals surface area (Å²) in [5.74, 6) is 1.47. The van der Waals surface area contributed by atoms with Crippen molar-refractivity contribution < 1.29 is 5.11 Å². The second-order valence-corrected chi connectivity index (χ2v) is 4.82. The molecule has 0 aliphatic carbocycles. The third-order valence-electron chi connectivity index (χ3n) is 3.48. The highest BCUT2D eigenvalue weighted by Crippen LogP contribution is 2.26. The first-order chi connectivity index (χ1) is 8.22. The number of anilines is 1. The maximum Gasteiger partial charge on any atom is 0.133 e. The summed E-state index contributed by atoms with van der Waals surface area (Å²) in [7, 11) is 0. The van der Waals surface area contributed by atoms with Gasteiger partial charge in [-0.25, -0.2) is 4.98 Å². The third-order valence-corrected chi connectivity index (χ3v) is 3.48. The summed E-state index contributed by atoms with van der Waals surface area (Å²) in [6.45, 7) is 4.21. The number of hydrogen-bond acceptors (Lipinski definition) is 4. The molecule has 3 N–H and O–H groups in total. The molecule has 1 aliphatic rings. The molecule has 4 heteroatoms. The molecular formula is C13H21N3O. The maximum atomic E-state index is 9.14. The number of nitrogens with zero attached hydrogens (tertiary/aromatic N) is 2. The number of aliphatic hydroxyl groups is 1. The average molecular weight is 235 g/mol. The van der Waals surface area contributed by atoms with E-state index >= 15 is 0 Å². The van der Waals surface area contributed by atoms with E-state index in [2.05, 4.69) is 9.88 Å². The molecule has 1 atom stereocenters. The van der Waals surface area contributed by atoms with Crippen LogP contribution in [0.5, 0.6) is 0 Å². The Hall–Kier alpha value is -1.13. The number of piperidine rings is 1. The van der Waals surface area contributed by atoms with Gasteiger partial charge in [-0.2, -0.15) is 0 Å². The van der Waals surface area contributed by atoms with Gasteiger partial charge in [0.05, 0.1) is 0 Å². The topological polar surface area (TPSA) is 62.4 Å². The Labute approximate surface area is 102 Å². The molecule has 0 unspecified atom stereocenters. The van der Waals surface area contributed by atoms with Gasteiger partial charge in [0.1, 0.15) is 5.82 Å². The molecule has 4 nitrogen and oxygen atoms in total. The van der Waals surface area contributed by atoms with Gasteiger partial charge in [-0.05, 0) is 31.7 Å². The van der Waals surface area contributed by atoms with E-state index in [1.807, 2.05) is 25.3 Å². The molecular weight excluding hydrogens is 214 g/mol. The lowest BCUT2D eigenvalue weighted by Crippen LogP contribution is -2.36. The van der Waals surface area contributed by atoms with Crippen LogP contribution in [0.2, 0.25) is 0 Å². The van der Waals surface area contributed by atoms with Crippen LogP contribution in [0.1, 0.15) is 31.4 Å². The first-order valence-electron chi connectivity index (χ1n) is 6.28. The molecule has 94 valence electrons. The number of aromatic nitrogens is 1. The number of pyridine rings is 1. The number of nitrogens with two attached hydrogens (primary N) is 1. The van der Waals surface area contributed by atoms with Gasteiger partial charge < -0.3 is 15.7 Å². The monoisotopic (exact) mass is 235 g/mol. The average Bonchev–Trinajstić information content (AvgIpc) is 2.39. The van der Waals surface area contributed by atoms with Crippen molar-refractivity contribution in [1.82, 2.24) is 4.98 Å². The first-order valence-corrected chi connectivity index (χ1v) is 6.28. The fourth-order valence-corrected chi connectivity index (χ4v) is 2.36. The molecule has 0 spiro atoms. The second-order valence-electron chi connectivity index (χ2n) is 4.82. The molecule has 0 bridgehead atoms. The minimum Gasteiger partial charge on any atom is -0.396 e. The number of hydrogen-bond donors (Lipinski definition) is 2. The van der Waals surface area contributed by atoms with Gasteiger partial charge in [-0.1, -0.05) is 6.07 Å². The third kappa shape index (κ3) is 2.76. The summed E-state index contributed by atoms with van der Waals surface area (Å²) in [5.41, 5.74) is 7.07. The quantitative estimate of drug-likeness (QED) is 0.829. The summed E-state index contributed by atoms with van der Waals surface area (Å²) in [6, 6.07) is 3.99. The molecule has 0 amide bonds. The summed E-state index contributed by atoms with van der Waals surface area (Å²) in [4.78, 5) is 6.74. The highest BCUT2D eigenvalue weighted by atomic mass is 16.3. The van der Waals surface area contributed by atoms with Crippen LogP contribution in [-0.4, -0.2) is 29.8 Å². The minimum atomic E-state index is 0.00858. The summed E-state index contributed by atoms with van der Waals surface area (Å²) >= 11 is 0. The predicted molar refractivity (Wildman–Crippen MR) is 68.9 cm³/mol. The lowest BCUT2D eigenvalue weighted by atomic mass is 9.97. The maximum absolute atomic E-state index is 9.14. The zero-order chi connectivity index (χ0) is 12.3. The smallest absolute Gasteiger partial charge is 0.133 e. The first kappa shape index (κ1) is 12.3. The van der Waals surface area contributed by atoms with E-state index in [1.165, 1.54) is 0 Å². The molecule has 1 fully saturated rings. The molecule has 2 heterocycles. The van der Waals surface area contributed by atoms with Crippen LogP contribution in [0.4, 0.5) is 5.82 Å². The van der Waals surface area contributed by atoms with Crippen LogP contribution in [-0.2, 0) is 0 Å². The molecule has 1 aromatic heterocycles. The van der Waals surface area contributed by atoms with E-state index in [1.54, 1.807) is 0 Å². The van der Waals surface area contributed by atoms with Crippen molar-refractivity contribution in [2.45, 2.75) is 25.8 Å². The zero-order valence-corrected chi connectivity index (χ0v) is 10.3. The van der Waals surface area contributed by atoms with E-state index in [-0.39, 0.29) is 6.04 Å². The van der Waals surface area contributed by atoms with Gasteiger partial charge in [0.2, 0.25) is 0 Å². The Morgan fingerprint density at radius 2 is 2.24 bits per heavy atom. The van der Waals surface area contributed by atoms with Crippen LogP contribution < -0.4 is 10.6 Å². The highest BCUT2D eigenvalue weighted by molar-refractivity contribution is 5.48. The fourth-order valence-electron chi connectivity index (χ4n) is 2.36. The van der Waals surface area contributed by atoms with Crippen molar-refractivity contribution in [2.75, 3.05) is 24.6 Å². The SMILES string of the molecule is C[C@@H](N)c1cccnc1N1CCC(CO)CC1. The Kier molecular flexibility index (Phi) is 3.97. The molecule has 0 aromatic carbocycles. The Morgan fingerprint density at radius 1 is 1.53 bits per heavy atom. The fraction of sp³-hybridized carbons (Fsp3) is 0.615. The van der Waals surface area contributed by atoms with Crippen LogP contribution in [0.25, 0.3) is 0 Å². The predicted octanol–water partition coefficient (Wildman–Crippen LogP) is 1.31. The molecule has 0 saturated carbocycles. The molecule has 1 aliphatic heterocycles. The van der Waals surface area contributed by atoms with E-state index in [9.17, 15) is 0 Å². The minimum absolute atomic E-state index is 0.00858. The van der Waals surface area contributed by atoms with Crippen molar-refractivity contribution in [2.24, 2.45) is 11.7 Å². The zero-order valence-electron chi connectivity index (χ0n) is 10.3. The Balaban J connectivity index is 2.13. The van der Waals surface area contributed by atoms with E-state index in [0.717, 1.165) is 37.3 Å². The summed E-state index contributed by atoms with van der Waals surface area (Å²) in [6.07, 6.45) is 3.89. The van der Waals surface area contributed by atoms with E-state index in [4.69, 9.17) is 10.8 Å². The highest BCUT2D eigenvalue weighted by Gasteiger charge is 2.21. The van der Waals surface area contributed by atoms with Crippen LogP contribution in [0.3, 0.4) is 0 Å². The molecule has 2 rings (SSSR count). The van der Waals surface area contributed by atoms with Crippen molar-refractivity contribution in [3.8, 4) is 0 Å². The summed E-state index contributed by atoms with van der Waals surface area (Å²) in [5, 5.41) is 9.14. The molecule has 0 radical (unpaired) electrons. The Morgan fingerprint density at radius 3 is 2.82 bits per heavy atom. The van der Waals surface area contributed by atoms with Crippen LogP contribution in [0.15, 0.2) is 18.3 Å². The van der Waals surface area contributed by atoms with Gasteiger partial charge >= 0.3 is 0 Å². The van der Waals surface area contributed by atoms with E-state index < -0.39 is 0 Å². The van der Waals surface area contributed by atoms with Crippen molar-refractivity contribution >= 4 is 5.82 Å². The Bertz CT molecular complexity index is 359. The molecule has 1 saturated heterocycles. The molecule has 1 aromatic rings. The van der Waals surface area contributed by atoms with Crippen LogP contribution in [0, 0.1) is 5.92 Å². The van der Waals surface area contributed by atoms with Crippen molar-refractivity contribution in [1.29, 1.82) is 0 Å². The van der Waals surface area contributed by atoms with Gasteiger partial charge in [0.25, 0.3) is 0 Å². The van der Waals surface area contributed by atoms with Crippen molar-refractivity contribution in [3.05, 3.63) is 23.9 Å². The molecule has 17 heavy (non-hydrogen) atoms. The standard InChI is InChI=1S/C13H21N3O/c1-10(14)12-3-2-6-15-13(12)16-7-4-11(9-17)5-8-16/h2-3,6,10-11,17H,4-5,7-9,14H2,1H3/t10-/m1/s1. The van der Waals surface area contributed by atoms with Gasteiger partial charge in [-0.15, -0.1) is 0 Å². The van der Waals surface area contributed by atoms with Crippen molar-refractivity contribution in [3.63, 3.8) is 0 Å². The largest absolute Gasteiger partial charge is 0.396 e. The lowest BCUT2D eigenvalue weighted by molar-refractivity contribution is 0.202. The van der Waals surface area contributed by atoms with E-state index in [0.29, 0.717) is 12.5 Å². The summed E-state index contributed by atoms with van der Waals surface area (Å²) < 4.78 is 0. The normalized spacial score (nSPS) is 19.4. The number of rotatable bonds is 3.